The topological polar surface area (TPSA) is 52.3 Å². The van der Waals surface area contributed by atoms with Crippen molar-refractivity contribution in [2.45, 2.75) is 17.9 Å². The van der Waals surface area contributed by atoms with Crippen LogP contribution in [0.2, 0.25) is 0 Å². The zero-order valence-electron chi connectivity index (χ0n) is 9.11. The van der Waals surface area contributed by atoms with Crippen LogP contribution in [-0.4, -0.2) is 25.2 Å². The third-order valence-corrected chi connectivity index (χ3v) is 2.87. The molecule has 1 aromatic rings. The average Bonchev–Trinajstić information content (AvgIpc) is 2.27. The van der Waals surface area contributed by atoms with Crippen LogP contribution in [0.25, 0.3) is 0 Å². The van der Waals surface area contributed by atoms with Gasteiger partial charge in [-0.1, -0.05) is 0 Å². The number of benzene rings is 1. The number of Topliss-reactive ketones (excluding diaryl/α,β-unsaturated/α-hetero) is 1. The van der Waals surface area contributed by atoms with E-state index >= 15 is 0 Å². The van der Waals surface area contributed by atoms with Crippen LogP contribution >= 0.6 is 11.8 Å². The smallest absolute Gasteiger partial charge is 0.180 e. The molecule has 1 atom stereocenters. The SMILES string of the molecule is COc1ccc(C(=O)C(C)N)c(SC)c1. The first-order valence-corrected chi connectivity index (χ1v) is 5.84. The number of hydrogen-bond donors (Lipinski definition) is 1. The van der Waals surface area contributed by atoms with Gasteiger partial charge in [-0.25, -0.2) is 0 Å². The van der Waals surface area contributed by atoms with Crippen LogP contribution < -0.4 is 10.5 Å². The number of thioether (sulfide) groups is 1. The fraction of sp³-hybridized carbons (Fsp3) is 0.364. The molecular formula is C11H15NO2S. The summed E-state index contributed by atoms with van der Waals surface area (Å²) < 4.78 is 5.10. The van der Waals surface area contributed by atoms with E-state index in [2.05, 4.69) is 0 Å². The molecule has 0 saturated heterocycles. The molecule has 0 aliphatic carbocycles. The molecule has 15 heavy (non-hydrogen) atoms. The number of carbonyl (C=O) groups is 1. The van der Waals surface area contributed by atoms with Crippen LogP contribution in [0, 0.1) is 0 Å². The number of nitrogens with two attached hydrogens (primary N) is 1. The van der Waals surface area contributed by atoms with E-state index in [9.17, 15) is 4.79 Å². The van der Waals surface area contributed by atoms with E-state index in [-0.39, 0.29) is 5.78 Å². The van der Waals surface area contributed by atoms with Gasteiger partial charge in [-0.2, -0.15) is 0 Å². The third kappa shape index (κ3) is 2.73. The second-order valence-electron chi connectivity index (χ2n) is 3.22. The molecule has 1 unspecified atom stereocenters. The van der Waals surface area contributed by atoms with E-state index in [1.165, 1.54) is 11.8 Å². The minimum Gasteiger partial charge on any atom is -0.497 e. The van der Waals surface area contributed by atoms with Crippen molar-refractivity contribution in [1.29, 1.82) is 0 Å². The lowest BCUT2D eigenvalue weighted by molar-refractivity contribution is 0.0965. The Hall–Kier alpha value is -1.00. The zero-order valence-corrected chi connectivity index (χ0v) is 9.93. The highest BCUT2D eigenvalue weighted by molar-refractivity contribution is 7.98. The predicted octanol–water partition coefficient (Wildman–Crippen LogP) is 1.95. The first kappa shape index (κ1) is 12.1. The lowest BCUT2D eigenvalue weighted by atomic mass is 10.1. The second-order valence-corrected chi connectivity index (χ2v) is 4.07. The monoisotopic (exact) mass is 225 g/mol. The van der Waals surface area contributed by atoms with Gasteiger partial charge in [0.15, 0.2) is 5.78 Å². The van der Waals surface area contributed by atoms with Crippen molar-refractivity contribution in [2.75, 3.05) is 13.4 Å². The van der Waals surface area contributed by atoms with Gasteiger partial charge in [-0.05, 0) is 31.4 Å². The lowest BCUT2D eigenvalue weighted by Gasteiger charge is -2.10. The quantitative estimate of drug-likeness (QED) is 0.628. The highest BCUT2D eigenvalue weighted by Gasteiger charge is 2.15. The van der Waals surface area contributed by atoms with E-state index in [0.717, 1.165) is 10.6 Å². The summed E-state index contributed by atoms with van der Waals surface area (Å²) in [5, 5.41) is 0. The molecule has 0 amide bonds. The van der Waals surface area contributed by atoms with Gasteiger partial charge in [0.25, 0.3) is 0 Å². The van der Waals surface area contributed by atoms with Gasteiger partial charge in [-0.15, -0.1) is 11.8 Å². The highest BCUT2D eigenvalue weighted by Crippen LogP contribution is 2.26. The van der Waals surface area contributed by atoms with Crippen molar-refractivity contribution < 1.29 is 9.53 Å². The van der Waals surface area contributed by atoms with E-state index in [1.54, 1.807) is 26.2 Å². The molecular weight excluding hydrogens is 210 g/mol. The van der Waals surface area contributed by atoms with Crippen LogP contribution in [0.15, 0.2) is 23.1 Å². The Labute approximate surface area is 94.0 Å². The molecule has 0 heterocycles. The van der Waals surface area contributed by atoms with Gasteiger partial charge in [-0.3, -0.25) is 4.79 Å². The molecule has 82 valence electrons. The number of carbonyl (C=O) groups excluding carboxylic acids is 1. The standard InChI is InChI=1S/C11H15NO2S/c1-7(12)11(13)9-5-4-8(14-2)6-10(9)15-3/h4-7H,12H2,1-3H3. The maximum Gasteiger partial charge on any atom is 0.180 e. The van der Waals surface area contributed by atoms with Crippen molar-refractivity contribution in [2.24, 2.45) is 5.73 Å². The minimum absolute atomic E-state index is 0.0398. The molecule has 0 fully saturated rings. The molecule has 4 heteroatoms. The van der Waals surface area contributed by atoms with Crippen molar-refractivity contribution in [3.8, 4) is 5.75 Å². The first-order chi connectivity index (χ1) is 7.10. The number of ether oxygens (including phenoxy) is 1. The number of methoxy groups -OCH3 is 1. The molecule has 0 spiro atoms. The summed E-state index contributed by atoms with van der Waals surface area (Å²) in [7, 11) is 1.60. The van der Waals surface area contributed by atoms with Crippen LogP contribution in [-0.2, 0) is 0 Å². The first-order valence-electron chi connectivity index (χ1n) is 4.62. The van der Waals surface area contributed by atoms with Crippen molar-refractivity contribution >= 4 is 17.5 Å². The predicted molar refractivity (Wildman–Crippen MR) is 62.8 cm³/mol. The summed E-state index contributed by atoms with van der Waals surface area (Å²) in [6.45, 7) is 1.69. The van der Waals surface area contributed by atoms with E-state index < -0.39 is 6.04 Å². The summed E-state index contributed by atoms with van der Waals surface area (Å²) in [6, 6.07) is 4.91. The van der Waals surface area contributed by atoms with E-state index in [1.807, 2.05) is 12.3 Å². The van der Waals surface area contributed by atoms with Gasteiger partial charge in [0.05, 0.1) is 13.2 Å². The molecule has 1 rings (SSSR count). The van der Waals surface area contributed by atoms with Crippen molar-refractivity contribution in [3.05, 3.63) is 23.8 Å². The van der Waals surface area contributed by atoms with Crippen LogP contribution in [0.5, 0.6) is 5.75 Å². The molecule has 0 aliphatic heterocycles. The van der Waals surface area contributed by atoms with Gasteiger partial charge in [0.2, 0.25) is 0 Å². The normalized spacial score (nSPS) is 12.3. The number of rotatable bonds is 4. The molecule has 0 radical (unpaired) electrons. The lowest BCUT2D eigenvalue weighted by Crippen LogP contribution is -2.27. The Morgan fingerprint density at radius 1 is 1.53 bits per heavy atom. The van der Waals surface area contributed by atoms with E-state index in [0.29, 0.717) is 5.56 Å². The summed E-state index contributed by atoms with van der Waals surface area (Å²) in [6.07, 6.45) is 1.92. The summed E-state index contributed by atoms with van der Waals surface area (Å²) in [4.78, 5) is 12.6. The molecule has 0 bridgehead atoms. The second kappa shape index (κ2) is 5.19. The summed E-state index contributed by atoms with van der Waals surface area (Å²) in [5.41, 5.74) is 6.24. The molecule has 1 aromatic carbocycles. The Morgan fingerprint density at radius 3 is 2.67 bits per heavy atom. The summed E-state index contributed by atoms with van der Waals surface area (Å²) >= 11 is 1.51. The van der Waals surface area contributed by atoms with Crippen LogP contribution in [0.4, 0.5) is 0 Å². The third-order valence-electron chi connectivity index (χ3n) is 2.09. The van der Waals surface area contributed by atoms with E-state index in [4.69, 9.17) is 10.5 Å². The van der Waals surface area contributed by atoms with Crippen molar-refractivity contribution in [3.63, 3.8) is 0 Å². The number of hydrogen-bond acceptors (Lipinski definition) is 4. The largest absolute Gasteiger partial charge is 0.497 e. The fourth-order valence-corrected chi connectivity index (χ4v) is 1.87. The highest BCUT2D eigenvalue weighted by atomic mass is 32.2. The van der Waals surface area contributed by atoms with Gasteiger partial charge >= 0.3 is 0 Å². The molecule has 3 nitrogen and oxygen atoms in total. The Kier molecular flexibility index (Phi) is 4.17. The minimum atomic E-state index is -0.468. The maximum absolute atomic E-state index is 11.7. The van der Waals surface area contributed by atoms with Gasteiger partial charge in [0, 0.05) is 10.5 Å². The molecule has 0 aliphatic rings. The van der Waals surface area contributed by atoms with Crippen LogP contribution in [0.1, 0.15) is 17.3 Å². The average molecular weight is 225 g/mol. The molecule has 0 saturated carbocycles. The van der Waals surface area contributed by atoms with Gasteiger partial charge in [0.1, 0.15) is 5.75 Å². The Bertz CT molecular complexity index is 364. The molecule has 2 N–H and O–H groups in total. The Morgan fingerprint density at radius 2 is 2.20 bits per heavy atom. The van der Waals surface area contributed by atoms with Gasteiger partial charge < -0.3 is 10.5 Å². The number of ketones is 1. The fourth-order valence-electron chi connectivity index (χ4n) is 1.25. The van der Waals surface area contributed by atoms with Crippen molar-refractivity contribution in [1.82, 2.24) is 0 Å². The Balaban J connectivity index is 3.13. The summed E-state index contributed by atoms with van der Waals surface area (Å²) in [5.74, 6) is 0.711. The zero-order chi connectivity index (χ0) is 11.4. The maximum atomic E-state index is 11.7. The molecule has 0 aromatic heterocycles. The van der Waals surface area contributed by atoms with Crippen LogP contribution in [0.3, 0.4) is 0 Å².